The molecule has 0 fully saturated rings. The molecule has 4 aromatic rings. The van der Waals surface area contributed by atoms with Gasteiger partial charge in [-0.3, -0.25) is 15.4 Å². The summed E-state index contributed by atoms with van der Waals surface area (Å²) in [5.41, 5.74) is 2.17. The van der Waals surface area contributed by atoms with Gasteiger partial charge >= 0.3 is 6.03 Å². The first-order valence-corrected chi connectivity index (χ1v) is 13.4. The first-order chi connectivity index (χ1) is 20.0. The van der Waals surface area contributed by atoms with E-state index in [0.29, 0.717) is 11.5 Å². The third-order valence-electron chi connectivity index (χ3n) is 5.75. The summed E-state index contributed by atoms with van der Waals surface area (Å²) in [4.78, 5) is 32.9. The lowest BCUT2D eigenvalue weighted by Gasteiger charge is -2.14. The predicted octanol–water partition coefficient (Wildman–Crippen LogP) is 5.78. The molecule has 2 aromatic heterocycles. The minimum atomic E-state index is -0.581. The standard InChI is InChI=1S/C28H29Cl2N7O5/c1-28(2,3)20-13-21(37(36-20)17-7-5-16(14-38)6-8-17)33-27(40)32-18-9-10-19(25(30)24(18)29)42-23-11-12-31-26(35-23)34-22(39)15-41-4/h5-13,38H,14-15H2,1-4H3,(H2,32,33,40)(H,31,34,35,39). The third-order valence-corrected chi connectivity index (χ3v) is 6.61. The number of ether oxygens (including phenoxy) is 2. The number of halogens is 2. The van der Waals surface area contributed by atoms with Crippen molar-refractivity contribution in [2.45, 2.75) is 32.8 Å². The third kappa shape index (κ3) is 7.53. The molecule has 14 heteroatoms. The molecule has 3 amide bonds. The molecule has 0 saturated heterocycles. The molecule has 0 radical (unpaired) electrons. The van der Waals surface area contributed by atoms with Crippen LogP contribution >= 0.6 is 23.2 Å². The molecule has 0 unspecified atom stereocenters. The highest BCUT2D eigenvalue weighted by molar-refractivity contribution is 6.45. The van der Waals surface area contributed by atoms with Crippen molar-refractivity contribution >= 4 is 52.6 Å². The van der Waals surface area contributed by atoms with Crippen LogP contribution in [0.5, 0.6) is 11.6 Å². The minimum absolute atomic E-state index is 0.0185. The molecule has 0 aliphatic carbocycles. The van der Waals surface area contributed by atoms with Crippen LogP contribution in [-0.2, 0) is 21.6 Å². The Labute approximate surface area is 252 Å². The van der Waals surface area contributed by atoms with Gasteiger partial charge in [0.15, 0.2) is 0 Å². The fourth-order valence-electron chi connectivity index (χ4n) is 3.62. The highest BCUT2D eigenvalue weighted by Gasteiger charge is 2.22. The minimum Gasteiger partial charge on any atom is -0.437 e. The number of hydrogen-bond donors (Lipinski definition) is 4. The van der Waals surface area contributed by atoms with E-state index in [-0.39, 0.29) is 51.9 Å². The summed E-state index contributed by atoms with van der Waals surface area (Å²) < 4.78 is 12.1. The Morgan fingerprint density at radius 3 is 2.40 bits per heavy atom. The summed E-state index contributed by atoms with van der Waals surface area (Å²) in [6.07, 6.45) is 1.40. The number of nitrogens with zero attached hydrogens (tertiary/aromatic N) is 4. The van der Waals surface area contributed by atoms with Crippen molar-refractivity contribution in [1.82, 2.24) is 19.7 Å². The maximum atomic E-state index is 13.0. The zero-order chi connectivity index (χ0) is 30.4. The molecule has 0 aliphatic heterocycles. The van der Waals surface area contributed by atoms with Gasteiger partial charge in [0.25, 0.3) is 5.91 Å². The van der Waals surface area contributed by atoms with E-state index in [1.165, 1.54) is 31.5 Å². The van der Waals surface area contributed by atoms with E-state index in [2.05, 4.69) is 31.0 Å². The van der Waals surface area contributed by atoms with Crippen LogP contribution in [0.25, 0.3) is 5.69 Å². The molecule has 0 atom stereocenters. The number of carbonyl (C=O) groups excluding carboxylic acids is 2. The van der Waals surface area contributed by atoms with Crippen LogP contribution in [0.2, 0.25) is 10.0 Å². The fourth-order valence-corrected chi connectivity index (χ4v) is 4.02. The lowest BCUT2D eigenvalue weighted by Crippen LogP contribution is -2.21. The summed E-state index contributed by atoms with van der Waals surface area (Å²) in [7, 11) is 1.39. The highest BCUT2D eigenvalue weighted by Crippen LogP contribution is 2.39. The van der Waals surface area contributed by atoms with Crippen molar-refractivity contribution in [1.29, 1.82) is 0 Å². The maximum absolute atomic E-state index is 13.0. The zero-order valence-electron chi connectivity index (χ0n) is 23.2. The van der Waals surface area contributed by atoms with Crippen LogP contribution in [-0.4, -0.2) is 50.5 Å². The number of carbonyl (C=O) groups is 2. The summed E-state index contributed by atoms with van der Waals surface area (Å²) in [5, 5.41) is 22.1. The van der Waals surface area contributed by atoms with Gasteiger partial charge in [-0.15, -0.1) is 0 Å². The van der Waals surface area contributed by atoms with Gasteiger partial charge in [-0.1, -0.05) is 56.1 Å². The molecule has 0 bridgehead atoms. The van der Waals surface area contributed by atoms with Crippen LogP contribution in [0.15, 0.2) is 54.7 Å². The van der Waals surface area contributed by atoms with Crippen LogP contribution in [0, 0.1) is 0 Å². The monoisotopic (exact) mass is 613 g/mol. The van der Waals surface area contributed by atoms with Crippen LogP contribution in [0.1, 0.15) is 32.0 Å². The van der Waals surface area contributed by atoms with E-state index >= 15 is 0 Å². The van der Waals surface area contributed by atoms with Crippen LogP contribution < -0.4 is 20.7 Å². The van der Waals surface area contributed by atoms with Crippen LogP contribution in [0.4, 0.5) is 22.2 Å². The van der Waals surface area contributed by atoms with Gasteiger partial charge in [-0.05, 0) is 29.8 Å². The van der Waals surface area contributed by atoms with E-state index in [0.717, 1.165) is 11.3 Å². The quantitative estimate of drug-likeness (QED) is 0.185. The Morgan fingerprint density at radius 2 is 1.74 bits per heavy atom. The number of aromatic nitrogens is 4. The van der Waals surface area contributed by atoms with Crippen molar-refractivity contribution in [3.8, 4) is 17.3 Å². The number of amides is 3. The molecule has 0 saturated carbocycles. The average Bonchev–Trinajstić information content (AvgIpc) is 3.37. The number of aliphatic hydroxyl groups excluding tert-OH is 1. The van der Waals surface area contributed by atoms with Gasteiger partial charge in [-0.25, -0.2) is 14.5 Å². The Kier molecular flexibility index (Phi) is 9.63. The Morgan fingerprint density at radius 1 is 1.00 bits per heavy atom. The number of benzene rings is 2. The van der Waals surface area contributed by atoms with E-state index in [1.54, 1.807) is 35.0 Å². The molecule has 42 heavy (non-hydrogen) atoms. The van der Waals surface area contributed by atoms with E-state index < -0.39 is 11.9 Å². The SMILES string of the molecule is COCC(=O)Nc1nccc(Oc2ccc(NC(=O)Nc3cc(C(C)(C)C)nn3-c3ccc(CO)cc3)c(Cl)c2Cl)n1. The van der Waals surface area contributed by atoms with Crippen LogP contribution in [0.3, 0.4) is 0 Å². The normalized spacial score (nSPS) is 11.2. The van der Waals surface area contributed by atoms with Gasteiger partial charge < -0.3 is 19.9 Å². The zero-order valence-corrected chi connectivity index (χ0v) is 24.7. The molecule has 0 spiro atoms. The second-order valence-corrected chi connectivity index (χ2v) is 10.8. The van der Waals surface area contributed by atoms with Crippen molar-refractivity contribution in [2.75, 3.05) is 29.7 Å². The lowest BCUT2D eigenvalue weighted by molar-refractivity contribution is -0.119. The summed E-state index contributed by atoms with van der Waals surface area (Å²) in [5.74, 6) is 0.281. The van der Waals surface area contributed by atoms with Crippen molar-refractivity contribution in [2.24, 2.45) is 0 Å². The molecule has 220 valence electrons. The average molecular weight is 614 g/mol. The van der Waals surface area contributed by atoms with Gasteiger partial charge in [-0.2, -0.15) is 10.1 Å². The van der Waals surface area contributed by atoms with E-state index in [4.69, 9.17) is 32.7 Å². The number of methoxy groups -OCH3 is 1. The smallest absolute Gasteiger partial charge is 0.324 e. The fraction of sp³-hybridized carbons (Fsp3) is 0.250. The lowest BCUT2D eigenvalue weighted by atomic mass is 9.92. The number of anilines is 3. The summed E-state index contributed by atoms with van der Waals surface area (Å²) in [6.45, 7) is 5.81. The largest absolute Gasteiger partial charge is 0.437 e. The van der Waals surface area contributed by atoms with E-state index in [1.807, 2.05) is 20.8 Å². The van der Waals surface area contributed by atoms with Gasteiger partial charge in [0, 0.05) is 30.9 Å². The molecular weight excluding hydrogens is 585 g/mol. The van der Waals surface area contributed by atoms with Crippen molar-refractivity contribution in [3.63, 3.8) is 0 Å². The molecule has 2 heterocycles. The predicted molar refractivity (Wildman–Crippen MR) is 160 cm³/mol. The molecule has 4 N–H and O–H groups in total. The van der Waals surface area contributed by atoms with E-state index in [9.17, 15) is 14.7 Å². The van der Waals surface area contributed by atoms with Gasteiger partial charge in [0.1, 0.15) is 23.2 Å². The molecule has 2 aromatic carbocycles. The second-order valence-electron chi connectivity index (χ2n) is 10.0. The van der Waals surface area contributed by atoms with Gasteiger partial charge in [0.2, 0.25) is 11.8 Å². The molecule has 4 rings (SSSR count). The molecular formula is C28H29Cl2N7O5. The number of nitrogens with one attached hydrogen (secondary N) is 3. The summed E-state index contributed by atoms with van der Waals surface area (Å²) >= 11 is 12.9. The second kappa shape index (κ2) is 13.2. The Bertz CT molecular complexity index is 1590. The maximum Gasteiger partial charge on any atom is 0.324 e. The van der Waals surface area contributed by atoms with Crippen molar-refractivity contribution in [3.05, 3.63) is 76.0 Å². The summed E-state index contributed by atoms with van der Waals surface area (Å²) in [6, 6.07) is 12.9. The Hall–Kier alpha value is -4.23. The number of hydrogen-bond acceptors (Lipinski definition) is 8. The van der Waals surface area contributed by atoms with Crippen molar-refractivity contribution < 1.29 is 24.2 Å². The topological polar surface area (TPSA) is 153 Å². The first kappa shape index (κ1) is 30.7. The molecule has 12 nitrogen and oxygen atoms in total. The number of urea groups is 1. The van der Waals surface area contributed by atoms with Gasteiger partial charge in [0.05, 0.1) is 28.7 Å². The highest BCUT2D eigenvalue weighted by atomic mass is 35.5. The Balaban J connectivity index is 1.50. The number of aliphatic hydroxyl groups is 1. The number of rotatable bonds is 9. The molecule has 0 aliphatic rings. The first-order valence-electron chi connectivity index (χ1n) is 12.6.